The summed E-state index contributed by atoms with van der Waals surface area (Å²) >= 11 is 0. The number of nitro groups is 1. The van der Waals surface area contributed by atoms with Crippen LogP contribution in [-0.2, 0) is 32.0 Å². The number of carbonyl (C=O) groups excluding carboxylic acids is 3. The Kier molecular flexibility index (Phi) is 12.2. The molecule has 0 heterocycles. The summed E-state index contributed by atoms with van der Waals surface area (Å²) in [5.41, 5.74) is 8.80. The molecule has 210 valence electrons. The van der Waals surface area contributed by atoms with Crippen molar-refractivity contribution < 1.29 is 29.3 Å². The molecule has 0 bridgehead atoms. The highest BCUT2D eigenvalue weighted by molar-refractivity contribution is 5.91. The van der Waals surface area contributed by atoms with Crippen molar-refractivity contribution >= 4 is 23.7 Å². The van der Waals surface area contributed by atoms with Gasteiger partial charge in [0.05, 0.1) is 7.11 Å². The van der Waals surface area contributed by atoms with Crippen LogP contribution < -0.4 is 16.5 Å². The van der Waals surface area contributed by atoms with Gasteiger partial charge < -0.3 is 25.8 Å². The largest absolute Gasteiger partial charge is 0.508 e. The van der Waals surface area contributed by atoms with E-state index in [0.29, 0.717) is 6.42 Å². The fraction of sp³-hybridized carbons (Fsp3) is 0.385. The van der Waals surface area contributed by atoms with Crippen LogP contribution in [0.3, 0.4) is 0 Å². The molecule has 2 rings (SSSR count). The molecule has 0 aliphatic carbocycles. The van der Waals surface area contributed by atoms with Crippen LogP contribution in [0.1, 0.15) is 30.4 Å². The van der Waals surface area contributed by atoms with Crippen molar-refractivity contribution in [2.75, 3.05) is 20.7 Å². The van der Waals surface area contributed by atoms with Crippen LogP contribution in [0.15, 0.2) is 59.6 Å². The standard InChI is InChI=1S/C26H34N6O7/c1-31(23(34)15-12-18-10-13-20(33)14-11-18)22(17-19-7-4-3-5-8-19)24(35)29-21(25(36)39-2)9-6-16-28-26(27)30-32(37)38/h3-5,7-8,10-11,13-14,21-22,33H,6,9,12,15-17H2,1-2H3,(H,29,35)(H3,27,28,30). The lowest BCUT2D eigenvalue weighted by molar-refractivity contribution is -0.525. The smallest absolute Gasteiger partial charge is 0.328 e. The van der Waals surface area contributed by atoms with Crippen LogP contribution in [0.4, 0.5) is 0 Å². The zero-order chi connectivity index (χ0) is 28.8. The number of esters is 1. The molecule has 39 heavy (non-hydrogen) atoms. The van der Waals surface area contributed by atoms with Gasteiger partial charge in [0, 0.05) is 26.4 Å². The highest BCUT2D eigenvalue weighted by atomic mass is 16.7. The number of ether oxygens (including phenoxy) is 1. The first-order valence-corrected chi connectivity index (χ1v) is 12.3. The van der Waals surface area contributed by atoms with Gasteiger partial charge in [0.15, 0.2) is 5.03 Å². The van der Waals surface area contributed by atoms with E-state index >= 15 is 0 Å². The lowest BCUT2D eigenvalue weighted by Crippen LogP contribution is -2.53. The second kappa shape index (κ2) is 15.5. The van der Waals surface area contributed by atoms with Crippen molar-refractivity contribution in [1.29, 1.82) is 0 Å². The van der Waals surface area contributed by atoms with E-state index in [2.05, 4.69) is 10.3 Å². The maximum Gasteiger partial charge on any atom is 0.328 e. The summed E-state index contributed by atoms with van der Waals surface area (Å²) in [5, 5.41) is 21.7. The molecule has 0 fully saturated rings. The van der Waals surface area contributed by atoms with Crippen molar-refractivity contribution in [2.45, 2.75) is 44.2 Å². The predicted molar refractivity (Wildman–Crippen MR) is 143 cm³/mol. The average Bonchev–Trinajstić information content (AvgIpc) is 2.92. The van der Waals surface area contributed by atoms with E-state index in [4.69, 9.17) is 10.5 Å². The number of likely N-dealkylation sites (N-methyl/N-ethyl adjacent to an activating group) is 1. The van der Waals surface area contributed by atoms with Crippen LogP contribution in [0.25, 0.3) is 0 Å². The minimum Gasteiger partial charge on any atom is -0.508 e. The molecule has 5 N–H and O–H groups in total. The number of hydrogen-bond acceptors (Lipinski definition) is 8. The Hall–Kier alpha value is -4.68. The third-order valence-corrected chi connectivity index (χ3v) is 5.94. The number of guanidine groups is 1. The number of benzene rings is 2. The highest BCUT2D eigenvalue weighted by Crippen LogP contribution is 2.14. The molecular weight excluding hydrogens is 508 g/mol. The van der Waals surface area contributed by atoms with Gasteiger partial charge >= 0.3 is 5.97 Å². The van der Waals surface area contributed by atoms with Crippen LogP contribution in [-0.4, -0.2) is 71.6 Å². The summed E-state index contributed by atoms with van der Waals surface area (Å²) in [6, 6.07) is 13.8. The number of aliphatic imine (C=N–C) groups is 1. The maximum atomic E-state index is 13.4. The average molecular weight is 543 g/mol. The summed E-state index contributed by atoms with van der Waals surface area (Å²) in [5.74, 6) is -1.73. The van der Waals surface area contributed by atoms with E-state index in [9.17, 15) is 29.6 Å². The number of rotatable bonds is 14. The molecule has 0 aromatic heterocycles. The summed E-state index contributed by atoms with van der Waals surface area (Å²) in [6.07, 6.45) is 1.17. The molecule has 0 aliphatic heterocycles. The van der Waals surface area contributed by atoms with Crippen molar-refractivity contribution in [3.63, 3.8) is 0 Å². The number of hydrazine groups is 1. The molecule has 2 amide bonds. The minimum absolute atomic E-state index is 0.0686. The van der Waals surface area contributed by atoms with E-state index in [0.717, 1.165) is 11.1 Å². The van der Waals surface area contributed by atoms with Crippen LogP contribution >= 0.6 is 0 Å². The fourth-order valence-electron chi connectivity index (χ4n) is 3.79. The number of aromatic hydroxyl groups is 1. The zero-order valence-corrected chi connectivity index (χ0v) is 21.9. The van der Waals surface area contributed by atoms with Gasteiger partial charge in [-0.2, -0.15) is 0 Å². The van der Waals surface area contributed by atoms with E-state index in [-0.39, 0.29) is 49.8 Å². The molecule has 13 nitrogen and oxygen atoms in total. The second-order valence-electron chi connectivity index (χ2n) is 8.74. The number of phenols is 1. The number of aryl methyl sites for hydroxylation is 1. The first-order chi connectivity index (χ1) is 18.6. The lowest BCUT2D eigenvalue weighted by Gasteiger charge is -2.29. The minimum atomic E-state index is -1.03. The zero-order valence-electron chi connectivity index (χ0n) is 21.9. The number of hydrogen-bond donors (Lipinski definition) is 4. The third-order valence-electron chi connectivity index (χ3n) is 5.94. The normalized spacial score (nSPS) is 12.6. The number of nitrogens with zero attached hydrogens (tertiary/aromatic N) is 3. The van der Waals surface area contributed by atoms with Gasteiger partial charge in [0.1, 0.15) is 17.8 Å². The van der Waals surface area contributed by atoms with Crippen molar-refractivity contribution in [2.24, 2.45) is 10.7 Å². The molecule has 2 aromatic rings. The van der Waals surface area contributed by atoms with Gasteiger partial charge in [-0.15, -0.1) is 0 Å². The van der Waals surface area contributed by atoms with Crippen LogP contribution in [0.2, 0.25) is 0 Å². The number of amides is 2. The summed E-state index contributed by atoms with van der Waals surface area (Å²) < 4.78 is 4.83. The molecule has 2 aromatic carbocycles. The van der Waals surface area contributed by atoms with Crippen molar-refractivity contribution in [3.8, 4) is 5.75 Å². The molecular formula is C26H34N6O7. The third kappa shape index (κ3) is 10.7. The van der Waals surface area contributed by atoms with E-state index in [1.807, 2.05) is 30.3 Å². The maximum absolute atomic E-state index is 13.4. The van der Waals surface area contributed by atoms with Crippen molar-refractivity contribution in [3.05, 3.63) is 75.8 Å². The molecule has 0 radical (unpaired) electrons. The summed E-state index contributed by atoms with van der Waals surface area (Å²) in [7, 11) is 2.73. The number of phenolic OH excluding ortho intramolecular Hbond substituents is 1. The van der Waals surface area contributed by atoms with Gasteiger partial charge in [-0.3, -0.25) is 9.59 Å². The molecule has 2 atom stereocenters. The van der Waals surface area contributed by atoms with E-state index in [1.54, 1.807) is 36.7 Å². The molecule has 0 spiro atoms. The van der Waals surface area contributed by atoms with E-state index < -0.39 is 29.0 Å². The Morgan fingerprint density at radius 1 is 1.13 bits per heavy atom. The Morgan fingerprint density at radius 3 is 2.41 bits per heavy atom. The SMILES string of the molecule is COC(=O)C(CCCN=C(N)N[N+](=O)[O-])NC(=O)C(Cc1ccccc1)N(C)C(=O)CCc1ccc(O)cc1. The molecule has 2 unspecified atom stereocenters. The Morgan fingerprint density at radius 2 is 1.79 bits per heavy atom. The number of methoxy groups -OCH3 is 1. The monoisotopic (exact) mass is 542 g/mol. The van der Waals surface area contributed by atoms with Gasteiger partial charge in [-0.05, 0) is 42.5 Å². The molecule has 13 heteroatoms. The second-order valence-corrected chi connectivity index (χ2v) is 8.74. The highest BCUT2D eigenvalue weighted by Gasteiger charge is 2.30. The number of nitrogens with two attached hydrogens (primary N) is 1. The van der Waals surface area contributed by atoms with E-state index in [1.165, 1.54) is 12.0 Å². The lowest BCUT2D eigenvalue weighted by atomic mass is 10.0. The summed E-state index contributed by atoms with van der Waals surface area (Å²) in [4.78, 5) is 54.5. The number of nitrogens with one attached hydrogen (secondary N) is 2. The fourth-order valence-corrected chi connectivity index (χ4v) is 3.79. The molecule has 0 aliphatic rings. The topological polar surface area (TPSA) is 189 Å². The van der Waals surface area contributed by atoms with Gasteiger partial charge in [0.2, 0.25) is 11.8 Å². The van der Waals surface area contributed by atoms with Gasteiger partial charge in [-0.1, -0.05) is 47.9 Å². The first-order valence-electron chi connectivity index (χ1n) is 12.3. The van der Waals surface area contributed by atoms with Crippen LogP contribution in [0, 0.1) is 10.1 Å². The van der Waals surface area contributed by atoms with Crippen molar-refractivity contribution in [1.82, 2.24) is 15.6 Å². The van der Waals surface area contributed by atoms with Gasteiger partial charge in [-0.25, -0.2) is 19.9 Å². The predicted octanol–water partition coefficient (Wildman–Crippen LogP) is 0.929. The number of carbonyl (C=O) groups is 3. The molecule has 0 saturated carbocycles. The quantitative estimate of drug-likeness (QED) is 0.0672. The van der Waals surface area contributed by atoms with Gasteiger partial charge in [0.25, 0.3) is 5.96 Å². The van der Waals surface area contributed by atoms with Crippen LogP contribution in [0.5, 0.6) is 5.75 Å². The Labute approximate surface area is 226 Å². The summed E-state index contributed by atoms with van der Waals surface area (Å²) in [6.45, 7) is 0.0686. The molecule has 0 saturated heterocycles. The Bertz CT molecular complexity index is 1140. The Balaban J connectivity index is 2.11. The first kappa shape index (κ1) is 30.5.